The van der Waals surface area contributed by atoms with Crippen molar-refractivity contribution in [3.8, 4) is 0 Å². The van der Waals surface area contributed by atoms with Gasteiger partial charge in [0.2, 0.25) is 0 Å². The van der Waals surface area contributed by atoms with Gasteiger partial charge in [-0.05, 0) is 74.5 Å². The number of piperidine rings is 1. The minimum absolute atomic E-state index is 0.265. The Morgan fingerprint density at radius 2 is 1.62 bits per heavy atom. The Balaban J connectivity index is 1.37. The van der Waals surface area contributed by atoms with Gasteiger partial charge in [-0.2, -0.15) is 0 Å². The summed E-state index contributed by atoms with van der Waals surface area (Å²) in [5.41, 5.74) is 3.14. The predicted molar refractivity (Wildman–Crippen MR) is 116 cm³/mol. The second kappa shape index (κ2) is 9.53. The molecule has 0 spiro atoms. The summed E-state index contributed by atoms with van der Waals surface area (Å²) in [4.78, 5) is 14.9. The number of hydrogen-bond acceptors (Lipinski definition) is 2. The molecule has 4 heteroatoms. The highest BCUT2D eigenvalue weighted by Gasteiger charge is 2.17. The molecule has 1 N–H and O–H groups in total. The van der Waals surface area contributed by atoms with Crippen LogP contribution in [0.15, 0.2) is 42.5 Å². The summed E-state index contributed by atoms with van der Waals surface area (Å²) in [6, 6.07) is 13.0. The first-order valence-electron chi connectivity index (χ1n) is 11.1. The molecule has 29 heavy (non-hydrogen) atoms. The summed E-state index contributed by atoms with van der Waals surface area (Å²) in [6.07, 6.45) is 10.1. The molecule has 2 aliphatic rings. The molecular formula is C25H31FN2O. The summed E-state index contributed by atoms with van der Waals surface area (Å²) in [6.45, 7) is 2.67. The second-order valence-corrected chi connectivity index (χ2v) is 8.55. The monoisotopic (exact) mass is 394 g/mol. The zero-order chi connectivity index (χ0) is 20.1. The summed E-state index contributed by atoms with van der Waals surface area (Å²) in [5.74, 6) is 0.0877. The summed E-state index contributed by atoms with van der Waals surface area (Å²) in [7, 11) is 0. The van der Waals surface area contributed by atoms with Gasteiger partial charge in [-0.3, -0.25) is 9.69 Å². The fourth-order valence-corrected chi connectivity index (χ4v) is 4.65. The lowest BCUT2D eigenvalue weighted by Crippen LogP contribution is -2.29. The third-order valence-corrected chi connectivity index (χ3v) is 6.40. The van der Waals surface area contributed by atoms with Crippen molar-refractivity contribution >= 4 is 11.6 Å². The van der Waals surface area contributed by atoms with E-state index in [1.807, 2.05) is 12.1 Å². The van der Waals surface area contributed by atoms with Crippen LogP contribution in [0.5, 0.6) is 0 Å². The van der Waals surface area contributed by atoms with Crippen LogP contribution in [-0.4, -0.2) is 23.9 Å². The highest BCUT2D eigenvalue weighted by atomic mass is 19.1. The van der Waals surface area contributed by atoms with E-state index < -0.39 is 0 Å². The first-order chi connectivity index (χ1) is 14.2. The average molecular weight is 395 g/mol. The molecule has 3 nitrogen and oxygen atoms in total. The summed E-state index contributed by atoms with van der Waals surface area (Å²) >= 11 is 0. The lowest BCUT2D eigenvalue weighted by atomic mass is 9.84. The first kappa shape index (κ1) is 20.1. The highest BCUT2D eigenvalue weighted by Crippen LogP contribution is 2.33. The smallest absolute Gasteiger partial charge is 0.255 e. The molecule has 1 aliphatic carbocycles. The summed E-state index contributed by atoms with van der Waals surface area (Å²) < 4.78 is 14.6. The Kier molecular flexibility index (Phi) is 6.60. The van der Waals surface area contributed by atoms with E-state index in [2.05, 4.69) is 22.3 Å². The molecular weight excluding hydrogens is 363 g/mol. The van der Waals surface area contributed by atoms with E-state index in [1.54, 1.807) is 12.1 Å². The van der Waals surface area contributed by atoms with Crippen LogP contribution >= 0.6 is 0 Å². The van der Waals surface area contributed by atoms with Crippen LogP contribution in [0.3, 0.4) is 0 Å². The second-order valence-electron chi connectivity index (χ2n) is 8.55. The van der Waals surface area contributed by atoms with Gasteiger partial charge >= 0.3 is 0 Å². The van der Waals surface area contributed by atoms with E-state index in [0.717, 1.165) is 18.8 Å². The van der Waals surface area contributed by atoms with Crippen molar-refractivity contribution in [2.75, 3.05) is 18.4 Å². The molecule has 0 unspecified atom stereocenters. The van der Waals surface area contributed by atoms with Gasteiger partial charge in [0.15, 0.2) is 0 Å². The molecule has 0 bridgehead atoms. The van der Waals surface area contributed by atoms with Crippen molar-refractivity contribution in [3.05, 3.63) is 65.0 Å². The number of rotatable bonds is 5. The van der Waals surface area contributed by atoms with Crippen molar-refractivity contribution in [1.29, 1.82) is 0 Å². The Bertz CT molecular complexity index is 821. The minimum Gasteiger partial charge on any atom is -0.322 e. The van der Waals surface area contributed by atoms with Gasteiger partial charge in [0.25, 0.3) is 5.91 Å². The highest BCUT2D eigenvalue weighted by molar-refractivity contribution is 6.04. The fraction of sp³-hybridized carbons (Fsp3) is 0.480. The van der Waals surface area contributed by atoms with Crippen LogP contribution in [0.4, 0.5) is 10.1 Å². The molecule has 1 saturated carbocycles. The number of nitrogens with zero attached hydrogens (tertiary/aromatic N) is 1. The number of likely N-dealkylation sites (tertiary alicyclic amines) is 1. The first-order valence-corrected chi connectivity index (χ1v) is 11.1. The van der Waals surface area contributed by atoms with Crippen LogP contribution in [0.1, 0.15) is 78.8 Å². The van der Waals surface area contributed by atoms with E-state index >= 15 is 0 Å². The number of amides is 1. The lowest BCUT2D eigenvalue weighted by Gasteiger charge is -2.26. The molecule has 2 aromatic rings. The van der Waals surface area contributed by atoms with Crippen molar-refractivity contribution in [2.24, 2.45) is 0 Å². The Labute approximate surface area is 173 Å². The van der Waals surface area contributed by atoms with Gasteiger partial charge in [0, 0.05) is 23.4 Å². The van der Waals surface area contributed by atoms with Crippen molar-refractivity contribution < 1.29 is 9.18 Å². The Morgan fingerprint density at radius 3 is 2.31 bits per heavy atom. The third-order valence-electron chi connectivity index (χ3n) is 6.40. The summed E-state index contributed by atoms with van der Waals surface area (Å²) in [5, 5.41) is 2.90. The zero-order valence-corrected chi connectivity index (χ0v) is 17.1. The molecule has 0 atom stereocenters. The SMILES string of the molecule is O=C(Nc1ccc(C2CCCCC2)cc1)c1ccc(CN2CCCCC2)c(F)c1. The van der Waals surface area contributed by atoms with Gasteiger partial charge in [-0.15, -0.1) is 0 Å². The lowest BCUT2D eigenvalue weighted by molar-refractivity contribution is 0.102. The van der Waals surface area contributed by atoms with E-state index in [0.29, 0.717) is 23.6 Å². The zero-order valence-electron chi connectivity index (χ0n) is 17.1. The van der Waals surface area contributed by atoms with Crippen LogP contribution in [0.2, 0.25) is 0 Å². The third kappa shape index (κ3) is 5.24. The van der Waals surface area contributed by atoms with Gasteiger partial charge in [-0.25, -0.2) is 4.39 Å². The number of halogens is 1. The Morgan fingerprint density at radius 1 is 0.931 bits per heavy atom. The van der Waals surface area contributed by atoms with E-state index in [4.69, 9.17) is 0 Å². The normalized spacial score (nSPS) is 18.5. The maximum atomic E-state index is 14.6. The molecule has 1 saturated heterocycles. The standard InChI is InChI=1S/C25H31FN2O/c26-24-17-21(9-10-22(24)18-28-15-5-2-6-16-28)25(29)27-23-13-11-20(12-14-23)19-7-3-1-4-8-19/h9-14,17,19H,1-8,15-16,18H2,(H,27,29). The fourth-order valence-electron chi connectivity index (χ4n) is 4.65. The molecule has 154 valence electrons. The van der Waals surface area contributed by atoms with Crippen molar-refractivity contribution in [1.82, 2.24) is 4.90 Å². The van der Waals surface area contributed by atoms with Gasteiger partial charge in [0.1, 0.15) is 5.82 Å². The number of anilines is 1. The number of hydrogen-bond donors (Lipinski definition) is 1. The van der Waals surface area contributed by atoms with Gasteiger partial charge < -0.3 is 5.32 Å². The maximum Gasteiger partial charge on any atom is 0.255 e. The van der Waals surface area contributed by atoms with Crippen LogP contribution in [0.25, 0.3) is 0 Å². The topological polar surface area (TPSA) is 32.3 Å². The van der Waals surface area contributed by atoms with Gasteiger partial charge in [-0.1, -0.05) is 43.9 Å². The molecule has 1 heterocycles. The van der Waals surface area contributed by atoms with E-state index in [9.17, 15) is 9.18 Å². The molecule has 4 rings (SSSR count). The minimum atomic E-state index is -0.295. The predicted octanol–water partition coefficient (Wildman–Crippen LogP) is 6.11. The van der Waals surface area contributed by atoms with Crippen LogP contribution in [-0.2, 0) is 6.54 Å². The average Bonchev–Trinajstić information content (AvgIpc) is 2.77. The molecule has 2 fully saturated rings. The van der Waals surface area contributed by atoms with Crippen molar-refractivity contribution in [3.63, 3.8) is 0 Å². The van der Waals surface area contributed by atoms with Crippen molar-refractivity contribution in [2.45, 2.75) is 63.8 Å². The Hall–Kier alpha value is -2.20. The quantitative estimate of drug-likeness (QED) is 0.663. The number of nitrogens with one attached hydrogen (secondary N) is 1. The number of benzene rings is 2. The molecule has 1 amide bonds. The van der Waals surface area contributed by atoms with Gasteiger partial charge in [0.05, 0.1) is 0 Å². The van der Waals surface area contributed by atoms with Crippen LogP contribution < -0.4 is 5.32 Å². The van der Waals surface area contributed by atoms with Crippen LogP contribution in [0, 0.1) is 5.82 Å². The molecule has 1 aliphatic heterocycles. The van der Waals surface area contributed by atoms with E-state index in [1.165, 1.54) is 63.0 Å². The van der Waals surface area contributed by atoms with E-state index in [-0.39, 0.29) is 11.7 Å². The largest absolute Gasteiger partial charge is 0.322 e. The molecule has 0 aromatic heterocycles. The maximum absolute atomic E-state index is 14.6. The molecule has 0 radical (unpaired) electrons. The number of carbonyl (C=O) groups is 1. The molecule has 2 aromatic carbocycles. The number of carbonyl (C=O) groups excluding carboxylic acids is 1.